The highest BCUT2D eigenvalue weighted by Gasteiger charge is 2.20. The van der Waals surface area contributed by atoms with Crippen molar-refractivity contribution < 1.29 is 13.9 Å². The zero-order valence-corrected chi connectivity index (χ0v) is 13.0. The van der Waals surface area contributed by atoms with Gasteiger partial charge in [0.15, 0.2) is 6.29 Å². The van der Waals surface area contributed by atoms with Gasteiger partial charge in [0.2, 0.25) is 0 Å². The molecular weight excluding hydrogens is 283 g/mol. The second-order valence-electron chi connectivity index (χ2n) is 6.02. The predicted octanol–water partition coefficient (Wildman–Crippen LogP) is 1.75. The van der Waals surface area contributed by atoms with E-state index in [-0.39, 0.29) is 12.1 Å². The molecule has 1 aromatic carbocycles. The SMILES string of the molecule is Fc1cccc(CCN2CCN(CCC3OCCO3)CC2)c1. The number of rotatable bonds is 6. The second-order valence-corrected chi connectivity index (χ2v) is 6.02. The van der Waals surface area contributed by atoms with Crippen LogP contribution in [-0.2, 0) is 15.9 Å². The molecule has 2 heterocycles. The molecule has 0 bridgehead atoms. The lowest BCUT2D eigenvalue weighted by Crippen LogP contribution is -2.47. The number of benzene rings is 1. The maximum Gasteiger partial charge on any atom is 0.159 e. The molecule has 4 nitrogen and oxygen atoms in total. The summed E-state index contributed by atoms with van der Waals surface area (Å²) in [6, 6.07) is 6.93. The van der Waals surface area contributed by atoms with E-state index in [1.54, 1.807) is 12.1 Å². The quantitative estimate of drug-likeness (QED) is 0.799. The summed E-state index contributed by atoms with van der Waals surface area (Å²) >= 11 is 0. The third kappa shape index (κ3) is 4.74. The van der Waals surface area contributed by atoms with Crippen LogP contribution in [0.2, 0.25) is 0 Å². The largest absolute Gasteiger partial charge is 0.350 e. The van der Waals surface area contributed by atoms with Gasteiger partial charge in [-0.15, -0.1) is 0 Å². The Morgan fingerprint density at radius 1 is 1.00 bits per heavy atom. The van der Waals surface area contributed by atoms with Crippen LogP contribution in [-0.4, -0.2) is 68.6 Å². The first-order valence-electron chi connectivity index (χ1n) is 8.22. The van der Waals surface area contributed by atoms with Crippen molar-refractivity contribution in [2.24, 2.45) is 0 Å². The van der Waals surface area contributed by atoms with E-state index < -0.39 is 0 Å². The van der Waals surface area contributed by atoms with Crippen molar-refractivity contribution in [3.05, 3.63) is 35.6 Å². The molecule has 1 aromatic rings. The Labute approximate surface area is 131 Å². The minimum atomic E-state index is -0.140. The van der Waals surface area contributed by atoms with Crippen molar-refractivity contribution in [1.29, 1.82) is 0 Å². The van der Waals surface area contributed by atoms with E-state index in [0.717, 1.165) is 70.9 Å². The zero-order chi connectivity index (χ0) is 15.2. The molecule has 0 spiro atoms. The van der Waals surface area contributed by atoms with Gasteiger partial charge in [0.05, 0.1) is 13.2 Å². The fourth-order valence-corrected chi connectivity index (χ4v) is 3.08. The molecule has 0 atom stereocenters. The normalized spacial score (nSPS) is 21.5. The summed E-state index contributed by atoms with van der Waals surface area (Å²) < 4.78 is 24.1. The van der Waals surface area contributed by atoms with Crippen LogP contribution >= 0.6 is 0 Å². The van der Waals surface area contributed by atoms with Crippen molar-refractivity contribution in [2.45, 2.75) is 19.1 Å². The zero-order valence-electron chi connectivity index (χ0n) is 13.0. The highest BCUT2D eigenvalue weighted by molar-refractivity contribution is 5.16. The number of nitrogens with zero attached hydrogens (tertiary/aromatic N) is 2. The predicted molar refractivity (Wildman–Crippen MR) is 83.3 cm³/mol. The van der Waals surface area contributed by atoms with E-state index >= 15 is 0 Å². The van der Waals surface area contributed by atoms with Crippen molar-refractivity contribution in [3.8, 4) is 0 Å². The highest BCUT2D eigenvalue weighted by atomic mass is 19.1. The number of ether oxygens (including phenoxy) is 2. The Bertz CT molecular complexity index is 458. The van der Waals surface area contributed by atoms with Crippen LogP contribution in [0.3, 0.4) is 0 Å². The van der Waals surface area contributed by atoms with Gasteiger partial charge >= 0.3 is 0 Å². The minimum absolute atomic E-state index is 0.00556. The molecule has 0 saturated carbocycles. The summed E-state index contributed by atoms with van der Waals surface area (Å²) in [6.07, 6.45) is 1.89. The molecule has 2 aliphatic heterocycles. The van der Waals surface area contributed by atoms with Gasteiger partial charge in [-0.2, -0.15) is 0 Å². The third-order valence-electron chi connectivity index (χ3n) is 4.44. The van der Waals surface area contributed by atoms with Gasteiger partial charge < -0.3 is 19.3 Å². The lowest BCUT2D eigenvalue weighted by molar-refractivity contribution is -0.0532. The standard InChI is InChI=1S/C17H25FN2O2/c18-16-3-1-2-15(14-16)4-6-19-8-10-20(11-9-19)7-5-17-21-12-13-22-17/h1-3,14,17H,4-13H2. The first kappa shape index (κ1) is 15.9. The van der Waals surface area contributed by atoms with E-state index in [1.165, 1.54) is 6.07 Å². The Morgan fingerprint density at radius 3 is 2.36 bits per heavy atom. The summed E-state index contributed by atoms with van der Waals surface area (Å²) in [5, 5.41) is 0. The van der Waals surface area contributed by atoms with Crippen molar-refractivity contribution in [1.82, 2.24) is 9.80 Å². The summed E-state index contributed by atoms with van der Waals surface area (Å²) in [5.74, 6) is -0.140. The molecule has 2 saturated heterocycles. The Kier molecular flexibility index (Phi) is 5.78. The molecule has 2 aliphatic rings. The highest BCUT2D eigenvalue weighted by Crippen LogP contribution is 2.11. The molecule has 0 radical (unpaired) electrons. The second kappa shape index (κ2) is 8.02. The molecule has 0 unspecified atom stereocenters. The number of hydrogen-bond donors (Lipinski definition) is 0. The number of halogens is 1. The third-order valence-corrected chi connectivity index (χ3v) is 4.44. The number of piperazine rings is 1. The summed E-state index contributed by atoms with van der Waals surface area (Å²) in [6.45, 7) is 7.88. The van der Waals surface area contributed by atoms with Crippen LogP contribution in [0.5, 0.6) is 0 Å². The molecule has 2 fully saturated rings. The van der Waals surface area contributed by atoms with E-state index in [4.69, 9.17) is 9.47 Å². The maximum atomic E-state index is 13.2. The van der Waals surface area contributed by atoms with Gasteiger partial charge in [-0.3, -0.25) is 0 Å². The van der Waals surface area contributed by atoms with E-state index in [2.05, 4.69) is 9.80 Å². The van der Waals surface area contributed by atoms with Crippen LogP contribution in [0.25, 0.3) is 0 Å². The van der Waals surface area contributed by atoms with Gasteiger partial charge in [0, 0.05) is 45.7 Å². The van der Waals surface area contributed by atoms with Gasteiger partial charge in [0.25, 0.3) is 0 Å². The van der Waals surface area contributed by atoms with Gasteiger partial charge in [-0.05, 0) is 24.1 Å². The molecule has 0 amide bonds. The molecule has 122 valence electrons. The van der Waals surface area contributed by atoms with Crippen molar-refractivity contribution in [3.63, 3.8) is 0 Å². The molecule has 3 rings (SSSR count). The fraction of sp³-hybridized carbons (Fsp3) is 0.647. The Hall–Kier alpha value is -1.01. The van der Waals surface area contributed by atoms with Gasteiger partial charge in [0.1, 0.15) is 5.82 Å². The number of hydrogen-bond acceptors (Lipinski definition) is 4. The molecule has 0 N–H and O–H groups in total. The fourth-order valence-electron chi connectivity index (χ4n) is 3.08. The minimum Gasteiger partial charge on any atom is -0.350 e. The summed E-state index contributed by atoms with van der Waals surface area (Å²) in [5.41, 5.74) is 1.08. The molecular formula is C17H25FN2O2. The van der Waals surface area contributed by atoms with Crippen molar-refractivity contribution in [2.75, 3.05) is 52.5 Å². The lowest BCUT2D eigenvalue weighted by Gasteiger charge is -2.35. The Morgan fingerprint density at radius 2 is 1.68 bits per heavy atom. The molecule has 22 heavy (non-hydrogen) atoms. The summed E-state index contributed by atoms with van der Waals surface area (Å²) in [4.78, 5) is 4.94. The first-order chi connectivity index (χ1) is 10.8. The van der Waals surface area contributed by atoms with E-state index in [1.807, 2.05) is 6.07 Å². The average molecular weight is 308 g/mol. The molecule has 5 heteroatoms. The van der Waals surface area contributed by atoms with Gasteiger partial charge in [-0.25, -0.2) is 4.39 Å². The van der Waals surface area contributed by atoms with Crippen LogP contribution < -0.4 is 0 Å². The smallest absolute Gasteiger partial charge is 0.159 e. The van der Waals surface area contributed by atoms with E-state index in [9.17, 15) is 4.39 Å². The van der Waals surface area contributed by atoms with Crippen LogP contribution in [0.4, 0.5) is 4.39 Å². The maximum absolute atomic E-state index is 13.2. The van der Waals surface area contributed by atoms with E-state index in [0.29, 0.717) is 0 Å². The average Bonchev–Trinajstić information content (AvgIpc) is 3.05. The van der Waals surface area contributed by atoms with Crippen LogP contribution in [0.15, 0.2) is 24.3 Å². The lowest BCUT2D eigenvalue weighted by atomic mass is 10.1. The summed E-state index contributed by atoms with van der Waals surface area (Å²) in [7, 11) is 0. The monoisotopic (exact) mass is 308 g/mol. The van der Waals surface area contributed by atoms with Crippen LogP contribution in [0.1, 0.15) is 12.0 Å². The topological polar surface area (TPSA) is 24.9 Å². The van der Waals surface area contributed by atoms with Crippen molar-refractivity contribution >= 4 is 0 Å². The van der Waals surface area contributed by atoms with Crippen LogP contribution in [0, 0.1) is 5.82 Å². The first-order valence-corrected chi connectivity index (χ1v) is 8.22. The molecule has 0 aliphatic carbocycles. The van der Waals surface area contributed by atoms with Gasteiger partial charge in [-0.1, -0.05) is 12.1 Å². The molecule has 0 aromatic heterocycles. The Balaban J connectivity index is 1.33.